The third-order valence-electron chi connectivity index (χ3n) is 10.3. The van der Waals surface area contributed by atoms with Crippen molar-refractivity contribution in [2.75, 3.05) is 0 Å². The Labute approximate surface area is 273 Å². The molecule has 0 aromatic carbocycles. The molecule has 3 rings (SSSR count). The first-order chi connectivity index (χ1) is 21.3. The molecule has 1 fully saturated rings. The van der Waals surface area contributed by atoms with Crippen molar-refractivity contribution in [3.63, 3.8) is 0 Å². The van der Waals surface area contributed by atoms with Gasteiger partial charge in [0.1, 0.15) is 29.1 Å². The van der Waals surface area contributed by atoms with Crippen molar-refractivity contribution in [1.29, 1.82) is 0 Å². The molecule has 1 aliphatic rings. The van der Waals surface area contributed by atoms with E-state index in [0.717, 1.165) is 0 Å². The zero-order chi connectivity index (χ0) is 35.0. The van der Waals surface area contributed by atoms with E-state index >= 15 is 0 Å². The quantitative estimate of drug-likeness (QED) is 0.263. The van der Waals surface area contributed by atoms with Gasteiger partial charge in [-0.15, -0.1) is 0 Å². The number of aliphatic hydroxyl groups is 2. The van der Waals surface area contributed by atoms with Crippen LogP contribution in [0.15, 0.2) is 18.4 Å². The lowest BCUT2D eigenvalue weighted by Crippen LogP contribution is -2.61. The smallest absolute Gasteiger partial charge is 0.306 e. The molecule has 1 aliphatic heterocycles. The number of carbonyl (C=O) groups excluding carboxylic acids is 1. The van der Waals surface area contributed by atoms with Gasteiger partial charge in [-0.25, -0.2) is 0 Å². The Morgan fingerprint density at radius 3 is 1.96 bits per heavy atom. The summed E-state index contributed by atoms with van der Waals surface area (Å²) in [5.74, 6) is -3.52. The minimum Gasteiger partial charge on any atom is -0.465 e. The molecule has 2 N–H and O–H groups in total. The van der Waals surface area contributed by atoms with Crippen LogP contribution in [0.1, 0.15) is 138 Å². The topological polar surface area (TPSA) is 136 Å². The molecule has 46 heavy (non-hydrogen) atoms. The number of carbonyl (C=O) groups is 1. The standard InChI is InChI=1S/C37H56O9/c1-14-27(38)18(5)32-20(7)31(41)21(8)33(45-32)23(10)34-24(11)36(44-29(39)16-17(3)4)26(13)37(42,46-34)25(12)35-22(9)30(40)19(6)28(15-2)43-35/h17-18,23-27,34,36,38,42H,14-16H2,1-13H3/t18-,23-,24+,25-,26-,27-,34-,36-,37+/m0/s1. The van der Waals surface area contributed by atoms with Gasteiger partial charge in [0.2, 0.25) is 0 Å². The molecule has 0 aliphatic carbocycles. The molecule has 9 nitrogen and oxygen atoms in total. The maximum atomic E-state index is 13.5. The van der Waals surface area contributed by atoms with Crippen molar-refractivity contribution < 1.29 is 33.3 Å². The number of ether oxygens (including phenoxy) is 2. The summed E-state index contributed by atoms with van der Waals surface area (Å²) in [4.78, 5) is 39.8. The highest BCUT2D eigenvalue weighted by Crippen LogP contribution is 2.49. The number of aliphatic hydroxyl groups excluding tert-OH is 1. The number of esters is 1. The van der Waals surface area contributed by atoms with Crippen LogP contribution in [0, 0.1) is 45.4 Å². The average molecular weight is 645 g/mol. The predicted molar refractivity (Wildman–Crippen MR) is 177 cm³/mol. The van der Waals surface area contributed by atoms with Crippen LogP contribution in [0.25, 0.3) is 0 Å². The molecular weight excluding hydrogens is 588 g/mol. The average Bonchev–Trinajstić information content (AvgIpc) is 3.01. The van der Waals surface area contributed by atoms with Gasteiger partial charge in [0.15, 0.2) is 16.6 Å². The summed E-state index contributed by atoms with van der Waals surface area (Å²) in [6, 6.07) is 0. The molecule has 0 amide bonds. The minimum absolute atomic E-state index is 0.0748. The van der Waals surface area contributed by atoms with Gasteiger partial charge in [-0.1, -0.05) is 62.3 Å². The Morgan fingerprint density at radius 1 is 0.870 bits per heavy atom. The largest absolute Gasteiger partial charge is 0.465 e. The van der Waals surface area contributed by atoms with Crippen LogP contribution < -0.4 is 10.9 Å². The predicted octanol–water partition coefficient (Wildman–Crippen LogP) is 6.49. The summed E-state index contributed by atoms with van der Waals surface area (Å²) in [7, 11) is 0. The van der Waals surface area contributed by atoms with Gasteiger partial charge in [0.05, 0.1) is 18.1 Å². The minimum atomic E-state index is -1.93. The lowest BCUT2D eigenvalue weighted by Gasteiger charge is -2.52. The molecule has 0 spiro atoms. The van der Waals surface area contributed by atoms with E-state index in [-0.39, 0.29) is 29.2 Å². The first-order valence-corrected chi connectivity index (χ1v) is 16.9. The van der Waals surface area contributed by atoms with Crippen molar-refractivity contribution >= 4 is 5.97 Å². The maximum Gasteiger partial charge on any atom is 0.306 e. The molecule has 2 aromatic heterocycles. The number of hydrogen-bond donors (Lipinski definition) is 2. The van der Waals surface area contributed by atoms with Crippen molar-refractivity contribution in [3.8, 4) is 0 Å². The Kier molecular flexibility index (Phi) is 11.9. The van der Waals surface area contributed by atoms with E-state index in [1.165, 1.54) is 0 Å². The van der Waals surface area contributed by atoms with Crippen LogP contribution in [0.3, 0.4) is 0 Å². The number of aryl methyl sites for hydroxylation is 1. The van der Waals surface area contributed by atoms with Crippen molar-refractivity contribution in [1.82, 2.24) is 0 Å². The zero-order valence-electron chi connectivity index (χ0n) is 30.1. The van der Waals surface area contributed by atoms with Gasteiger partial charge in [0.25, 0.3) is 0 Å². The Bertz CT molecular complexity index is 1520. The van der Waals surface area contributed by atoms with E-state index in [0.29, 0.717) is 58.1 Å². The fourth-order valence-corrected chi connectivity index (χ4v) is 7.17. The van der Waals surface area contributed by atoms with E-state index in [1.54, 1.807) is 41.5 Å². The summed E-state index contributed by atoms with van der Waals surface area (Å²) in [6.07, 6.45) is -1.03. The Morgan fingerprint density at radius 2 is 1.41 bits per heavy atom. The van der Waals surface area contributed by atoms with Crippen molar-refractivity contribution in [2.45, 2.75) is 151 Å². The molecule has 0 unspecified atom stereocenters. The molecule has 1 saturated heterocycles. The Balaban J connectivity index is 2.22. The lowest BCUT2D eigenvalue weighted by molar-refractivity contribution is -0.331. The molecule has 9 heteroatoms. The van der Waals surface area contributed by atoms with E-state index < -0.39 is 53.7 Å². The highest BCUT2D eigenvalue weighted by Gasteiger charge is 2.57. The zero-order valence-corrected chi connectivity index (χ0v) is 30.1. The van der Waals surface area contributed by atoms with E-state index in [9.17, 15) is 24.6 Å². The van der Waals surface area contributed by atoms with Gasteiger partial charge in [-0.2, -0.15) is 0 Å². The Hall–Kier alpha value is -2.75. The van der Waals surface area contributed by atoms with Crippen LogP contribution in [-0.2, 0) is 20.7 Å². The second-order valence-electron chi connectivity index (χ2n) is 14.0. The summed E-state index contributed by atoms with van der Waals surface area (Å²) >= 11 is 0. The van der Waals surface area contributed by atoms with E-state index in [2.05, 4.69) is 0 Å². The SMILES string of the molecule is CCc1oc([C@H](C)[C@@]2(O)O[C@@H]([C@@H](C)c3oc([C@@H](C)[C@@H](O)CC)c(C)c(=O)c3C)[C@@H](C)[C@H](OC(=O)CC(C)C)[C@@H]2C)c(C)c(=O)c1C. The highest BCUT2D eigenvalue weighted by molar-refractivity contribution is 5.69. The van der Waals surface area contributed by atoms with Crippen LogP contribution in [-0.4, -0.2) is 40.3 Å². The first-order valence-electron chi connectivity index (χ1n) is 16.9. The number of rotatable bonds is 11. The van der Waals surface area contributed by atoms with Crippen LogP contribution in [0.4, 0.5) is 0 Å². The fraction of sp³-hybridized carbons (Fsp3) is 0.703. The van der Waals surface area contributed by atoms with E-state index in [4.69, 9.17) is 18.3 Å². The molecule has 9 atom stereocenters. The molecule has 0 radical (unpaired) electrons. The van der Waals surface area contributed by atoms with Gasteiger partial charge in [0, 0.05) is 58.8 Å². The third-order valence-corrected chi connectivity index (χ3v) is 10.3. The van der Waals surface area contributed by atoms with Gasteiger partial charge in [-0.3, -0.25) is 14.4 Å². The summed E-state index contributed by atoms with van der Waals surface area (Å²) in [6.45, 7) is 23.6. The van der Waals surface area contributed by atoms with E-state index in [1.807, 2.05) is 48.5 Å². The summed E-state index contributed by atoms with van der Waals surface area (Å²) in [5.41, 5.74) is 1.45. The maximum absolute atomic E-state index is 13.5. The lowest BCUT2D eigenvalue weighted by atomic mass is 9.72. The molecule has 0 saturated carbocycles. The highest BCUT2D eigenvalue weighted by atomic mass is 16.6. The molecule has 2 aromatic rings. The summed E-state index contributed by atoms with van der Waals surface area (Å²) in [5, 5.41) is 23.2. The summed E-state index contributed by atoms with van der Waals surface area (Å²) < 4.78 is 25.6. The third kappa shape index (κ3) is 6.92. The molecule has 3 heterocycles. The van der Waals surface area contributed by atoms with Crippen molar-refractivity contribution in [2.24, 2.45) is 17.8 Å². The van der Waals surface area contributed by atoms with Gasteiger partial charge >= 0.3 is 5.97 Å². The first kappa shape index (κ1) is 37.7. The van der Waals surface area contributed by atoms with Crippen LogP contribution >= 0.6 is 0 Å². The van der Waals surface area contributed by atoms with Crippen LogP contribution in [0.2, 0.25) is 0 Å². The molecule has 258 valence electrons. The monoisotopic (exact) mass is 644 g/mol. The van der Waals surface area contributed by atoms with Gasteiger partial charge < -0.3 is 28.5 Å². The molecule has 0 bridgehead atoms. The van der Waals surface area contributed by atoms with Crippen molar-refractivity contribution in [3.05, 3.63) is 65.7 Å². The second kappa shape index (κ2) is 14.6. The molecular formula is C37H56O9. The van der Waals surface area contributed by atoms with Gasteiger partial charge in [-0.05, 0) is 40.0 Å². The normalized spacial score (nSPS) is 26.1. The fourth-order valence-electron chi connectivity index (χ4n) is 7.17. The number of hydrogen-bond acceptors (Lipinski definition) is 9. The second-order valence-corrected chi connectivity index (χ2v) is 14.0. The van der Waals surface area contributed by atoms with Crippen LogP contribution in [0.5, 0.6) is 0 Å².